The Kier molecular flexibility index (Phi) is 4.21. The van der Waals surface area contributed by atoms with E-state index in [1.165, 1.54) is 0 Å². The standard InChI is InChI=1S/C12H16O2S/c1-9(2)15(14)10(3)12(13)11-7-5-4-6-8-11/h4-10H,1-3H3. The predicted molar refractivity (Wildman–Crippen MR) is 63.5 cm³/mol. The van der Waals surface area contributed by atoms with Crippen LogP contribution in [0, 0.1) is 0 Å². The van der Waals surface area contributed by atoms with Crippen molar-refractivity contribution < 1.29 is 9.00 Å². The maximum absolute atomic E-state index is 11.9. The minimum atomic E-state index is -1.10. The maximum Gasteiger partial charge on any atom is 0.178 e. The average Bonchev–Trinajstić information content (AvgIpc) is 2.27. The summed E-state index contributed by atoms with van der Waals surface area (Å²) in [6.45, 7) is 5.46. The smallest absolute Gasteiger partial charge is 0.178 e. The number of rotatable bonds is 4. The van der Waals surface area contributed by atoms with Gasteiger partial charge in [-0.05, 0) is 6.92 Å². The molecule has 0 aliphatic rings. The predicted octanol–water partition coefficient (Wildman–Crippen LogP) is 2.41. The fourth-order valence-electron chi connectivity index (χ4n) is 1.35. The molecule has 1 aromatic rings. The quantitative estimate of drug-likeness (QED) is 0.736. The highest BCUT2D eigenvalue weighted by molar-refractivity contribution is 7.87. The number of ketones is 1. The first-order valence-corrected chi connectivity index (χ1v) is 6.30. The number of benzene rings is 1. The van der Waals surface area contributed by atoms with Crippen LogP contribution in [0.3, 0.4) is 0 Å². The number of carbonyl (C=O) groups is 1. The van der Waals surface area contributed by atoms with Gasteiger partial charge in [0.1, 0.15) is 0 Å². The van der Waals surface area contributed by atoms with E-state index in [9.17, 15) is 9.00 Å². The lowest BCUT2D eigenvalue weighted by atomic mass is 10.1. The second-order valence-electron chi connectivity index (χ2n) is 3.75. The Morgan fingerprint density at radius 1 is 1.13 bits per heavy atom. The van der Waals surface area contributed by atoms with Crippen LogP contribution in [0.2, 0.25) is 0 Å². The van der Waals surface area contributed by atoms with Gasteiger partial charge in [-0.25, -0.2) is 0 Å². The fraction of sp³-hybridized carbons (Fsp3) is 0.417. The van der Waals surface area contributed by atoms with E-state index in [-0.39, 0.29) is 11.0 Å². The van der Waals surface area contributed by atoms with Crippen LogP contribution in [-0.4, -0.2) is 20.5 Å². The molecule has 0 radical (unpaired) electrons. The summed E-state index contributed by atoms with van der Waals surface area (Å²) < 4.78 is 11.7. The molecule has 3 heteroatoms. The highest BCUT2D eigenvalue weighted by Gasteiger charge is 2.22. The van der Waals surface area contributed by atoms with Gasteiger partial charge in [0.05, 0.1) is 5.25 Å². The van der Waals surface area contributed by atoms with Crippen LogP contribution >= 0.6 is 0 Å². The summed E-state index contributed by atoms with van der Waals surface area (Å²) in [5.41, 5.74) is 0.638. The molecule has 82 valence electrons. The van der Waals surface area contributed by atoms with Gasteiger partial charge in [-0.2, -0.15) is 0 Å². The molecule has 0 N–H and O–H groups in total. The van der Waals surface area contributed by atoms with Crippen LogP contribution < -0.4 is 0 Å². The van der Waals surface area contributed by atoms with Gasteiger partial charge in [-0.1, -0.05) is 44.2 Å². The van der Waals surface area contributed by atoms with Crippen LogP contribution in [0.15, 0.2) is 30.3 Å². The second-order valence-corrected chi connectivity index (χ2v) is 6.06. The van der Waals surface area contributed by atoms with Gasteiger partial charge in [0.25, 0.3) is 0 Å². The summed E-state index contributed by atoms with van der Waals surface area (Å²) in [5.74, 6) is -0.0392. The number of hydrogen-bond donors (Lipinski definition) is 0. The van der Waals surface area contributed by atoms with Gasteiger partial charge >= 0.3 is 0 Å². The average molecular weight is 224 g/mol. The SMILES string of the molecule is CC(C)S(=O)C(C)C(=O)c1ccccc1. The van der Waals surface area contributed by atoms with Gasteiger partial charge in [0, 0.05) is 21.6 Å². The van der Waals surface area contributed by atoms with Gasteiger partial charge in [-0.3, -0.25) is 9.00 Å². The van der Waals surface area contributed by atoms with Crippen molar-refractivity contribution in [2.24, 2.45) is 0 Å². The number of Topliss-reactive ketones (excluding diaryl/α,β-unsaturated/α-hetero) is 1. The lowest BCUT2D eigenvalue weighted by Crippen LogP contribution is -2.27. The Labute approximate surface area is 93.2 Å². The van der Waals surface area contributed by atoms with Crippen molar-refractivity contribution in [1.29, 1.82) is 0 Å². The Hall–Kier alpha value is -0.960. The van der Waals surface area contributed by atoms with Crippen LogP contribution in [0.4, 0.5) is 0 Å². The van der Waals surface area contributed by atoms with Gasteiger partial charge in [0.15, 0.2) is 5.78 Å². The molecule has 0 saturated heterocycles. The number of hydrogen-bond acceptors (Lipinski definition) is 2. The molecule has 0 aromatic heterocycles. The van der Waals surface area contributed by atoms with E-state index in [1.807, 2.05) is 32.0 Å². The van der Waals surface area contributed by atoms with E-state index in [1.54, 1.807) is 19.1 Å². The first-order chi connectivity index (χ1) is 7.04. The molecule has 2 nitrogen and oxygen atoms in total. The van der Waals surface area contributed by atoms with Crippen molar-refractivity contribution in [1.82, 2.24) is 0 Å². The molecule has 0 bridgehead atoms. The summed E-state index contributed by atoms with van der Waals surface area (Å²) in [5, 5.41) is -0.403. The molecule has 0 aliphatic heterocycles. The largest absolute Gasteiger partial charge is 0.293 e. The van der Waals surface area contributed by atoms with Gasteiger partial charge in [0.2, 0.25) is 0 Å². The Morgan fingerprint density at radius 3 is 2.13 bits per heavy atom. The van der Waals surface area contributed by atoms with Gasteiger partial charge in [-0.15, -0.1) is 0 Å². The summed E-state index contributed by atoms with van der Waals surface area (Å²) in [4.78, 5) is 11.9. The number of carbonyl (C=O) groups excluding carboxylic acids is 1. The van der Waals surface area contributed by atoms with Crippen LogP contribution in [0.25, 0.3) is 0 Å². The summed E-state index contributed by atoms with van der Waals surface area (Å²) in [7, 11) is -1.10. The van der Waals surface area contributed by atoms with E-state index < -0.39 is 16.0 Å². The normalized spacial score (nSPS) is 14.9. The zero-order valence-corrected chi connectivity index (χ0v) is 10.1. The fourth-order valence-corrected chi connectivity index (χ4v) is 2.51. The van der Waals surface area contributed by atoms with Crippen LogP contribution in [0.5, 0.6) is 0 Å². The first kappa shape index (κ1) is 12.1. The van der Waals surface area contributed by atoms with Crippen molar-refractivity contribution in [2.45, 2.75) is 31.3 Å². The van der Waals surface area contributed by atoms with Crippen molar-refractivity contribution in [3.8, 4) is 0 Å². The Balaban J connectivity index is 2.82. The zero-order chi connectivity index (χ0) is 11.4. The molecule has 2 unspecified atom stereocenters. The van der Waals surface area contributed by atoms with E-state index in [0.717, 1.165) is 0 Å². The molecule has 0 saturated carbocycles. The maximum atomic E-state index is 11.9. The third kappa shape index (κ3) is 2.99. The zero-order valence-electron chi connectivity index (χ0n) is 9.27. The summed E-state index contributed by atoms with van der Waals surface area (Å²) in [6.07, 6.45) is 0. The third-order valence-electron chi connectivity index (χ3n) is 2.24. The van der Waals surface area contributed by atoms with E-state index in [4.69, 9.17) is 0 Å². The summed E-state index contributed by atoms with van der Waals surface area (Å²) >= 11 is 0. The molecular weight excluding hydrogens is 208 g/mol. The Bertz CT molecular complexity index is 357. The molecule has 2 atom stereocenters. The highest BCUT2D eigenvalue weighted by atomic mass is 32.2. The molecule has 15 heavy (non-hydrogen) atoms. The van der Waals surface area contributed by atoms with Crippen LogP contribution in [-0.2, 0) is 10.8 Å². The van der Waals surface area contributed by atoms with Crippen molar-refractivity contribution >= 4 is 16.6 Å². The summed E-state index contributed by atoms with van der Waals surface area (Å²) in [6, 6.07) is 9.02. The molecule has 0 fully saturated rings. The van der Waals surface area contributed by atoms with Crippen molar-refractivity contribution in [2.75, 3.05) is 0 Å². The molecule has 1 rings (SSSR count). The lowest BCUT2D eigenvalue weighted by molar-refractivity contribution is 0.0992. The minimum absolute atomic E-state index is 0.0210. The third-order valence-corrected chi connectivity index (χ3v) is 4.08. The van der Waals surface area contributed by atoms with Crippen LogP contribution in [0.1, 0.15) is 31.1 Å². The molecule has 0 spiro atoms. The molecular formula is C12H16O2S. The van der Waals surface area contributed by atoms with E-state index in [2.05, 4.69) is 0 Å². The molecule has 0 aliphatic carbocycles. The van der Waals surface area contributed by atoms with E-state index in [0.29, 0.717) is 5.56 Å². The molecule has 0 heterocycles. The van der Waals surface area contributed by atoms with Crippen molar-refractivity contribution in [3.05, 3.63) is 35.9 Å². The van der Waals surface area contributed by atoms with Gasteiger partial charge < -0.3 is 0 Å². The molecule has 0 amide bonds. The lowest BCUT2D eigenvalue weighted by Gasteiger charge is -2.12. The van der Waals surface area contributed by atoms with E-state index >= 15 is 0 Å². The Morgan fingerprint density at radius 2 is 1.67 bits per heavy atom. The topological polar surface area (TPSA) is 34.1 Å². The monoisotopic (exact) mass is 224 g/mol. The molecule has 1 aromatic carbocycles. The highest BCUT2D eigenvalue weighted by Crippen LogP contribution is 2.10. The van der Waals surface area contributed by atoms with Crippen molar-refractivity contribution in [3.63, 3.8) is 0 Å². The second kappa shape index (κ2) is 5.21. The minimum Gasteiger partial charge on any atom is -0.293 e. The first-order valence-electron chi connectivity index (χ1n) is 5.02.